The van der Waals surface area contributed by atoms with Gasteiger partial charge in [-0.3, -0.25) is 9.59 Å². The molecule has 1 aromatic carbocycles. The third-order valence-electron chi connectivity index (χ3n) is 10.1. The minimum absolute atomic E-state index is 0.116. The summed E-state index contributed by atoms with van der Waals surface area (Å²) in [6, 6.07) is 1.43. The first kappa shape index (κ1) is 24.7. The van der Waals surface area contributed by atoms with Crippen LogP contribution >= 0.6 is 0 Å². The van der Waals surface area contributed by atoms with Gasteiger partial charge in [-0.2, -0.15) is 0 Å². The van der Waals surface area contributed by atoms with Crippen LogP contribution in [0.5, 0.6) is 0 Å². The van der Waals surface area contributed by atoms with Crippen molar-refractivity contribution in [2.75, 3.05) is 0 Å². The minimum atomic E-state index is -0.232. The van der Waals surface area contributed by atoms with Gasteiger partial charge in [0.2, 0.25) is 5.91 Å². The molecule has 3 heterocycles. The number of Topliss-reactive ketones (excluding diaryl/α,β-unsaturated/α-hetero) is 1. The largest absolute Gasteiger partial charge is 0.349 e. The molecular formula is C33H36FN3O2. The Kier molecular flexibility index (Phi) is 5.46. The summed E-state index contributed by atoms with van der Waals surface area (Å²) in [6.45, 7) is 11.2. The van der Waals surface area contributed by atoms with Gasteiger partial charge in [0, 0.05) is 40.5 Å². The lowest BCUT2D eigenvalue weighted by molar-refractivity contribution is -0.127. The minimum Gasteiger partial charge on any atom is -0.349 e. The van der Waals surface area contributed by atoms with E-state index in [0.717, 1.165) is 89.7 Å². The van der Waals surface area contributed by atoms with Crippen LogP contribution in [0.25, 0.3) is 16.6 Å². The number of carbonyl (C=O) groups excluding carboxylic acids is 2. The Morgan fingerprint density at radius 1 is 1.23 bits per heavy atom. The van der Waals surface area contributed by atoms with E-state index in [9.17, 15) is 9.59 Å². The van der Waals surface area contributed by atoms with Gasteiger partial charge >= 0.3 is 0 Å². The number of benzene rings is 1. The lowest BCUT2D eigenvalue weighted by Crippen LogP contribution is -2.37. The zero-order valence-electron chi connectivity index (χ0n) is 23.2. The summed E-state index contributed by atoms with van der Waals surface area (Å²) >= 11 is 0. The van der Waals surface area contributed by atoms with E-state index in [2.05, 4.69) is 36.7 Å². The van der Waals surface area contributed by atoms with Gasteiger partial charge in [-0.25, -0.2) is 9.37 Å². The molecule has 3 aliphatic carbocycles. The highest BCUT2D eigenvalue weighted by Crippen LogP contribution is 2.53. The predicted molar refractivity (Wildman–Crippen MR) is 150 cm³/mol. The van der Waals surface area contributed by atoms with Crippen LogP contribution < -0.4 is 5.32 Å². The van der Waals surface area contributed by atoms with Crippen LogP contribution in [0.3, 0.4) is 0 Å². The average Bonchev–Trinajstić information content (AvgIpc) is 3.62. The highest BCUT2D eigenvalue weighted by atomic mass is 19.1. The predicted octanol–water partition coefficient (Wildman–Crippen LogP) is 6.74. The van der Waals surface area contributed by atoms with Gasteiger partial charge in [-0.05, 0) is 85.8 Å². The first-order chi connectivity index (χ1) is 18.8. The number of aromatic nitrogens is 1. The van der Waals surface area contributed by atoms with Crippen molar-refractivity contribution in [2.24, 2.45) is 11.3 Å². The summed E-state index contributed by atoms with van der Waals surface area (Å²) in [6.07, 6.45) is 9.49. The van der Waals surface area contributed by atoms with Crippen molar-refractivity contribution in [3.05, 3.63) is 69.3 Å². The van der Waals surface area contributed by atoms with E-state index in [-0.39, 0.29) is 29.1 Å². The van der Waals surface area contributed by atoms with Crippen molar-refractivity contribution in [2.45, 2.75) is 91.1 Å². The number of pyridine rings is 1. The van der Waals surface area contributed by atoms with E-state index < -0.39 is 0 Å². The second kappa shape index (κ2) is 8.61. The number of aryl methyl sites for hydroxylation is 1. The number of allylic oxidation sites excluding steroid dienone is 3. The van der Waals surface area contributed by atoms with E-state index >= 15 is 4.39 Å². The Hall–Kier alpha value is -3.28. The van der Waals surface area contributed by atoms with Crippen LogP contribution in [0.2, 0.25) is 0 Å². The quantitative estimate of drug-likeness (QED) is 0.470. The Bertz CT molecular complexity index is 1560. The number of hydrogen-bond donors (Lipinski definition) is 1. The monoisotopic (exact) mass is 525 g/mol. The van der Waals surface area contributed by atoms with Crippen molar-refractivity contribution in [1.29, 1.82) is 0 Å². The second-order valence-electron chi connectivity index (χ2n) is 12.2. The van der Waals surface area contributed by atoms with E-state index in [1.165, 1.54) is 5.57 Å². The van der Waals surface area contributed by atoms with Crippen LogP contribution in [0, 0.1) is 24.1 Å². The van der Waals surface area contributed by atoms with Gasteiger partial charge in [0.15, 0.2) is 0 Å². The van der Waals surface area contributed by atoms with Crippen molar-refractivity contribution in [3.63, 3.8) is 0 Å². The van der Waals surface area contributed by atoms with Crippen molar-refractivity contribution in [1.82, 2.24) is 15.2 Å². The van der Waals surface area contributed by atoms with E-state index in [0.29, 0.717) is 36.2 Å². The second-order valence-corrected chi connectivity index (χ2v) is 12.2. The lowest BCUT2D eigenvalue weighted by Gasteiger charge is -2.35. The Morgan fingerprint density at radius 2 is 2.03 bits per heavy atom. The van der Waals surface area contributed by atoms with E-state index in [1.807, 2.05) is 6.92 Å². The topological polar surface area (TPSA) is 62.3 Å². The molecule has 0 bridgehead atoms. The van der Waals surface area contributed by atoms with Gasteiger partial charge in [-0.15, -0.1) is 0 Å². The maximum Gasteiger partial charge on any atom is 0.226 e. The van der Waals surface area contributed by atoms with Gasteiger partial charge in [0.05, 0.1) is 29.5 Å². The van der Waals surface area contributed by atoms with Gasteiger partial charge < -0.3 is 10.2 Å². The zero-order valence-corrected chi connectivity index (χ0v) is 23.2. The summed E-state index contributed by atoms with van der Waals surface area (Å²) < 4.78 is 15.1. The first-order valence-electron chi connectivity index (χ1n) is 14.7. The number of amides is 1. The number of hydrogen-bond acceptors (Lipinski definition) is 4. The average molecular weight is 526 g/mol. The molecule has 5 aliphatic rings. The van der Waals surface area contributed by atoms with Crippen LogP contribution in [-0.4, -0.2) is 21.6 Å². The fourth-order valence-corrected chi connectivity index (χ4v) is 7.78. The first-order valence-corrected chi connectivity index (χ1v) is 14.7. The number of fused-ring (bicyclic) bond motifs is 4. The third-order valence-corrected chi connectivity index (χ3v) is 10.1. The summed E-state index contributed by atoms with van der Waals surface area (Å²) in [5, 5.41) is 4.47. The molecule has 5 nitrogen and oxygen atoms in total. The van der Waals surface area contributed by atoms with Crippen molar-refractivity contribution < 1.29 is 14.0 Å². The molecule has 2 unspecified atom stereocenters. The Balaban J connectivity index is 1.40. The molecule has 1 aromatic heterocycles. The molecule has 2 aromatic rings. The molecule has 39 heavy (non-hydrogen) atoms. The Labute approximate surface area is 229 Å². The van der Waals surface area contributed by atoms with Crippen LogP contribution in [0.15, 0.2) is 35.6 Å². The smallest absolute Gasteiger partial charge is 0.226 e. The molecule has 0 spiro atoms. The van der Waals surface area contributed by atoms with Crippen LogP contribution in [-0.2, 0) is 22.6 Å². The fraction of sp³-hybridized carbons (Fsp3) is 0.485. The number of ketones is 1. The van der Waals surface area contributed by atoms with E-state index in [1.54, 1.807) is 6.07 Å². The fourth-order valence-electron chi connectivity index (χ4n) is 7.78. The maximum absolute atomic E-state index is 15.1. The van der Waals surface area contributed by atoms with Gasteiger partial charge in [-0.1, -0.05) is 26.8 Å². The molecule has 2 aliphatic heterocycles. The maximum atomic E-state index is 15.1. The number of halogens is 1. The lowest BCUT2D eigenvalue weighted by atomic mass is 9.77. The SMILES string of the molecule is C=C1C2=C(C=C3c4nc5cc(F)c(C)c6c5c(c4CN13)C(NC(=O)C1(CCC)CC1)CC6)C(CC)C(=O)CC2. The summed E-state index contributed by atoms with van der Waals surface area (Å²) in [5.41, 5.74) is 9.31. The molecule has 1 fully saturated rings. The molecule has 1 amide bonds. The molecule has 202 valence electrons. The molecule has 2 atom stereocenters. The van der Waals surface area contributed by atoms with E-state index in [4.69, 9.17) is 4.98 Å². The molecule has 1 saturated carbocycles. The third kappa shape index (κ3) is 3.46. The standard InChI is InChI=1S/C33H36FN3O2/c1-5-11-33(12-13-33)32(39)36-25-9-7-20-17(3)24(34)15-26-29(20)30(25)23-16-37-18(4)21-8-10-28(38)19(6-2)22(21)14-27(37)31(23)35-26/h14-15,19,25H,4-13,16H2,1-3H3,(H,36,39). The highest BCUT2D eigenvalue weighted by Gasteiger charge is 2.50. The van der Waals surface area contributed by atoms with Gasteiger partial charge in [0.1, 0.15) is 11.6 Å². The normalized spacial score (nSPS) is 24.4. The molecule has 7 rings (SSSR count). The van der Waals surface area contributed by atoms with Crippen LogP contribution in [0.1, 0.15) is 99.2 Å². The number of nitrogens with one attached hydrogen (secondary N) is 1. The molecule has 0 radical (unpaired) electrons. The zero-order chi connectivity index (χ0) is 27.2. The summed E-state index contributed by atoms with van der Waals surface area (Å²) in [7, 11) is 0. The molecular weight excluding hydrogens is 489 g/mol. The van der Waals surface area contributed by atoms with Crippen molar-refractivity contribution >= 4 is 28.3 Å². The number of nitrogens with zero attached hydrogens (tertiary/aromatic N) is 2. The highest BCUT2D eigenvalue weighted by molar-refractivity contribution is 5.95. The molecule has 6 heteroatoms. The Morgan fingerprint density at radius 3 is 2.74 bits per heavy atom. The summed E-state index contributed by atoms with van der Waals surface area (Å²) in [5.74, 6) is 0.107. The number of rotatable bonds is 5. The van der Waals surface area contributed by atoms with Crippen molar-refractivity contribution in [3.8, 4) is 0 Å². The molecule has 1 N–H and O–H groups in total. The van der Waals surface area contributed by atoms with Gasteiger partial charge in [0.25, 0.3) is 0 Å². The molecule has 0 saturated heterocycles. The summed E-state index contributed by atoms with van der Waals surface area (Å²) in [4.78, 5) is 33.6. The van der Waals surface area contributed by atoms with Crippen LogP contribution in [0.4, 0.5) is 4.39 Å². The number of carbonyl (C=O) groups is 2.